The van der Waals surface area contributed by atoms with Crippen LogP contribution in [0.5, 0.6) is 0 Å². The second-order valence-corrected chi connectivity index (χ2v) is 6.87. The average Bonchev–Trinajstić information content (AvgIpc) is 2.92. The molecule has 0 unspecified atom stereocenters. The van der Waals surface area contributed by atoms with Crippen molar-refractivity contribution < 1.29 is 0 Å². The van der Waals surface area contributed by atoms with E-state index in [0.29, 0.717) is 11.1 Å². The van der Waals surface area contributed by atoms with Crippen LogP contribution in [-0.4, -0.2) is 35.1 Å². The van der Waals surface area contributed by atoms with Crippen LogP contribution in [0.25, 0.3) is 0 Å². The molecule has 0 atom stereocenters. The molecular formula is C17H34N2. The van der Waals surface area contributed by atoms with E-state index < -0.39 is 0 Å². The molecule has 0 aromatic rings. The average molecular weight is 266 g/mol. The standard InChI is InChI=1S/C17H34N2/c1-5-15(6-2)19-14-16(7-3,8-4)18-13-17(19)11-9-10-12-17/h15,18H,5-14H2,1-4H3. The van der Waals surface area contributed by atoms with E-state index in [2.05, 4.69) is 37.9 Å². The summed E-state index contributed by atoms with van der Waals surface area (Å²) in [5, 5.41) is 3.96. The Morgan fingerprint density at radius 1 is 1.00 bits per heavy atom. The van der Waals surface area contributed by atoms with Crippen molar-refractivity contribution in [3.63, 3.8) is 0 Å². The molecule has 2 fully saturated rings. The van der Waals surface area contributed by atoms with Crippen LogP contribution in [0, 0.1) is 0 Å². The molecule has 2 rings (SSSR count). The summed E-state index contributed by atoms with van der Waals surface area (Å²) in [7, 11) is 0. The van der Waals surface area contributed by atoms with Gasteiger partial charge in [-0.15, -0.1) is 0 Å². The Kier molecular flexibility index (Phi) is 4.94. The Bertz CT molecular complexity index is 273. The number of hydrogen-bond acceptors (Lipinski definition) is 2. The Balaban J connectivity index is 2.23. The molecule has 19 heavy (non-hydrogen) atoms. The van der Waals surface area contributed by atoms with Crippen molar-refractivity contribution in [2.75, 3.05) is 13.1 Å². The molecule has 2 nitrogen and oxygen atoms in total. The number of piperazine rings is 1. The van der Waals surface area contributed by atoms with Gasteiger partial charge in [-0.2, -0.15) is 0 Å². The molecule has 0 bridgehead atoms. The van der Waals surface area contributed by atoms with Gasteiger partial charge >= 0.3 is 0 Å². The highest BCUT2D eigenvalue weighted by Gasteiger charge is 2.48. The molecule has 1 aliphatic carbocycles. The minimum absolute atomic E-state index is 0.371. The summed E-state index contributed by atoms with van der Waals surface area (Å²) >= 11 is 0. The van der Waals surface area contributed by atoms with Gasteiger partial charge in [0.1, 0.15) is 0 Å². The highest BCUT2D eigenvalue weighted by molar-refractivity contribution is 5.08. The maximum Gasteiger partial charge on any atom is 0.0337 e. The van der Waals surface area contributed by atoms with Gasteiger partial charge in [-0.3, -0.25) is 4.90 Å². The number of nitrogens with one attached hydrogen (secondary N) is 1. The SMILES string of the molecule is CCC(CC)N1CC(CC)(CC)NCC12CCCC2. The topological polar surface area (TPSA) is 15.3 Å². The largest absolute Gasteiger partial charge is 0.308 e. The number of nitrogens with zero attached hydrogens (tertiary/aromatic N) is 1. The van der Waals surface area contributed by atoms with E-state index in [9.17, 15) is 0 Å². The normalized spacial score (nSPS) is 26.4. The van der Waals surface area contributed by atoms with Crippen LogP contribution < -0.4 is 5.32 Å². The molecule has 2 aliphatic rings. The summed E-state index contributed by atoms with van der Waals surface area (Å²) in [5.41, 5.74) is 0.862. The lowest BCUT2D eigenvalue weighted by molar-refractivity contribution is -0.0296. The van der Waals surface area contributed by atoms with E-state index in [0.717, 1.165) is 6.04 Å². The van der Waals surface area contributed by atoms with Gasteiger partial charge < -0.3 is 5.32 Å². The van der Waals surface area contributed by atoms with E-state index in [1.807, 2.05) is 0 Å². The molecule has 1 aliphatic heterocycles. The van der Waals surface area contributed by atoms with Gasteiger partial charge in [-0.1, -0.05) is 40.5 Å². The fourth-order valence-corrected chi connectivity index (χ4v) is 4.47. The summed E-state index contributed by atoms with van der Waals surface area (Å²) in [6, 6.07) is 0.790. The third-order valence-corrected chi connectivity index (χ3v) is 6.15. The summed E-state index contributed by atoms with van der Waals surface area (Å²) in [5.74, 6) is 0. The summed E-state index contributed by atoms with van der Waals surface area (Å²) in [4.78, 5) is 2.93. The van der Waals surface area contributed by atoms with Gasteiger partial charge in [-0.05, 0) is 38.5 Å². The van der Waals surface area contributed by atoms with Gasteiger partial charge in [0.15, 0.2) is 0 Å². The van der Waals surface area contributed by atoms with Gasteiger partial charge in [0.25, 0.3) is 0 Å². The molecule has 112 valence electrons. The first-order valence-corrected chi connectivity index (χ1v) is 8.67. The highest BCUT2D eigenvalue weighted by Crippen LogP contribution is 2.41. The smallest absolute Gasteiger partial charge is 0.0337 e. The molecule has 1 spiro atoms. The van der Waals surface area contributed by atoms with Crippen LogP contribution in [0.1, 0.15) is 79.1 Å². The molecule has 1 saturated heterocycles. The van der Waals surface area contributed by atoms with Crippen LogP contribution in [-0.2, 0) is 0 Å². The van der Waals surface area contributed by atoms with Crippen molar-refractivity contribution in [3.05, 3.63) is 0 Å². The van der Waals surface area contributed by atoms with E-state index in [1.165, 1.54) is 64.5 Å². The second-order valence-electron chi connectivity index (χ2n) is 6.87. The zero-order chi connectivity index (χ0) is 13.9. The monoisotopic (exact) mass is 266 g/mol. The minimum atomic E-state index is 0.371. The molecule has 0 aromatic carbocycles. The summed E-state index contributed by atoms with van der Waals surface area (Å²) in [6.07, 6.45) is 10.8. The molecule has 1 heterocycles. The van der Waals surface area contributed by atoms with Crippen LogP contribution >= 0.6 is 0 Å². The van der Waals surface area contributed by atoms with Crippen molar-refractivity contribution in [3.8, 4) is 0 Å². The maximum atomic E-state index is 3.96. The second kappa shape index (κ2) is 6.13. The number of rotatable bonds is 5. The zero-order valence-electron chi connectivity index (χ0n) is 13.6. The van der Waals surface area contributed by atoms with Crippen LogP contribution in [0.4, 0.5) is 0 Å². The molecule has 2 heteroatoms. The Morgan fingerprint density at radius 3 is 2.05 bits per heavy atom. The third-order valence-electron chi connectivity index (χ3n) is 6.15. The van der Waals surface area contributed by atoms with Crippen LogP contribution in [0.3, 0.4) is 0 Å². The van der Waals surface area contributed by atoms with Crippen LogP contribution in [0.2, 0.25) is 0 Å². The first-order chi connectivity index (χ1) is 9.15. The van der Waals surface area contributed by atoms with Crippen molar-refractivity contribution in [2.45, 2.75) is 96.2 Å². The molecule has 0 aromatic heterocycles. The van der Waals surface area contributed by atoms with Crippen molar-refractivity contribution >= 4 is 0 Å². The summed E-state index contributed by atoms with van der Waals surface area (Å²) < 4.78 is 0. The van der Waals surface area contributed by atoms with Crippen molar-refractivity contribution in [1.29, 1.82) is 0 Å². The first kappa shape index (κ1) is 15.3. The molecule has 0 radical (unpaired) electrons. The maximum absolute atomic E-state index is 3.96. The molecule has 1 saturated carbocycles. The predicted molar refractivity (Wildman–Crippen MR) is 83.6 cm³/mol. The lowest BCUT2D eigenvalue weighted by Gasteiger charge is -2.56. The lowest BCUT2D eigenvalue weighted by atomic mass is 9.81. The third kappa shape index (κ3) is 2.71. The Hall–Kier alpha value is -0.0800. The van der Waals surface area contributed by atoms with Gasteiger partial charge in [0, 0.05) is 30.2 Å². The number of hydrogen-bond donors (Lipinski definition) is 1. The van der Waals surface area contributed by atoms with Crippen molar-refractivity contribution in [1.82, 2.24) is 10.2 Å². The van der Waals surface area contributed by atoms with E-state index in [4.69, 9.17) is 0 Å². The molecule has 0 amide bonds. The molecular weight excluding hydrogens is 232 g/mol. The van der Waals surface area contributed by atoms with Crippen LogP contribution in [0.15, 0.2) is 0 Å². The van der Waals surface area contributed by atoms with Crippen molar-refractivity contribution in [2.24, 2.45) is 0 Å². The van der Waals surface area contributed by atoms with E-state index in [-0.39, 0.29) is 0 Å². The summed E-state index contributed by atoms with van der Waals surface area (Å²) in [6.45, 7) is 12.0. The fraction of sp³-hybridized carbons (Fsp3) is 1.00. The molecule has 1 N–H and O–H groups in total. The first-order valence-electron chi connectivity index (χ1n) is 8.67. The minimum Gasteiger partial charge on any atom is -0.308 e. The highest BCUT2D eigenvalue weighted by atomic mass is 15.3. The van der Waals surface area contributed by atoms with Gasteiger partial charge in [0.2, 0.25) is 0 Å². The quantitative estimate of drug-likeness (QED) is 0.810. The fourth-order valence-electron chi connectivity index (χ4n) is 4.47. The van der Waals surface area contributed by atoms with E-state index in [1.54, 1.807) is 0 Å². The predicted octanol–water partition coefficient (Wildman–Crippen LogP) is 3.95. The Morgan fingerprint density at radius 2 is 1.58 bits per heavy atom. The van der Waals surface area contributed by atoms with Gasteiger partial charge in [0.05, 0.1) is 0 Å². The lowest BCUT2D eigenvalue weighted by Crippen LogP contribution is -2.70. The van der Waals surface area contributed by atoms with E-state index >= 15 is 0 Å². The Labute approximate surface area is 120 Å². The zero-order valence-corrected chi connectivity index (χ0v) is 13.6. The van der Waals surface area contributed by atoms with Gasteiger partial charge in [-0.25, -0.2) is 0 Å².